The lowest BCUT2D eigenvalue weighted by Gasteiger charge is -2.19. The van der Waals surface area contributed by atoms with E-state index in [1.165, 1.54) is 0 Å². The molecule has 2 N–H and O–H groups in total. The quantitative estimate of drug-likeness (QED) is 0.837. The summed E-state index contributed by atoms with van der Waals surface area (Å²) in [5.41, 5.74) is 7.40. The minimum atomic E-state index is 0.192. The van der Waals surface area contributed by atoms with E-state index in [2.05, 4.69) is 25.7 Å². The summed E-state index contributed by atoms with van der Waals surface area (Å²) in [7, 11) is 1.85. The second-order valence-corrected chi connectivity index (χ2v) is 5.17. The fraction of sp³-hybridized carbons (Fsp3) is 0.471. The maximum Gasteiger partial charge on any atom is 0.222 e. The number of nitrogens with two attached hydrogens (primary N) is 1. The third kappa shape index (κ3) is 5.46. The molecule has 0 aliphatic rings. The average molecular weight is 272 g/mol. The Kier molecular flexibility index (Phi) is 6.83. The van der Waals surface area contributed by atoms with Gasteiger partial charge in [0.05, 0.1) is 6.54 Å². The van der Waals surface area contributed by atoms with E-state index in [1.54, 1.807) is 4.90 Å². The molecule has 0 radical (unpaired) electrons. The molecule has 1 aromatic rings. The monoisotopic (exact) mass is 272 g/mol. The molecule has 20 heavy (non-hydrogen) atoms. The lowest BCUT2D eigenvalue weighted by atomic mass is 10.0. The first-order valence-corrected chi connectivity index (χ1v) is 7.08. The summed E-state index contributed by atoms with van der Waals surface area (Å²) in [6, 6.07) is 7.94. The number of carbonyl (C=O) groups excluding carboxylic acids is 1. The molecule has 0 aromatic heterocycles. The Labute approximate surface area is 122 Å². The number of nitrogens with zero attached hydrogens (tertiary/aromatic N) is 1. The van der Waals surface area contributed by atoms with Crippen LogP contribution in [0, 0.1) is 17.8 Å². The molecule has 0 heterocycles. The second kappa shape index (κ2) is 8.39. The van der Waals surface area contributed by atoms with Gasteiger partial charge in [-0.1, -0.05) is 44.2 Å². The van der Waals surface area contributed by atoms with Crippen LogP contribution in [-0.2, 0) is 11.3 Å². The molecule has 0 spiro atoms. The number of benzene rings is 1. The van der Waals surface area contributed by atoms with Crippen molar-refractivity contribution >= 4 is 5.91 Å². The van der Waals surface area contributed by atoms with E-state index in [1.807, 2.05) is 31.3 Å². The zero-order valence-corrected chi connectivity index (χ0v) is 12.6. The number of hydrogen-bond acceptors (Lipinski definition) is 2. The summed E-state index contributed by atoms with van der Waals surface area (Å²) >= 11 is 0. The highest BCUT2D eigenvalue weighted by molar-refractivity contribution is 5.76. The summed E-state index contributed by atoms with van der Waals surface area (Å²) in [6.45, 7) is 5.19. The van der Waals surface area contributed by atoms with E-state index in [0.717, 1.165) is 17.5 Å². The maximum atomic E-state index is 12.1. The fourth-order valence-electron chi connectivity index (χ4n) is 1.86. The molecule has 1 unspecified atom stereocenters. The minimum Gasteiger partial charge on any atom is -0.341 e. The smallest absolute Gasteiger partial charge is 0.222 e. The van der Waals surface area contributed by atoms with Crippen LogP contribution < -0.4 is 5.73 Å². The molecule has 0 fully saturated rings. The van der Waals surface area contributed by atoms with Gasteiger partial charge in [0.15, 0.2) is 0 Å². The largest absolute Gasteiger partial charge is 0.341 e. The van der Waals surface area contributed by atoms with E-state index in [0.29, 0.717) is 25.4 Å². The predicted molar refractivity (Wildman–Crippen MR) is 82.9 cm³/mol. The normalized spacial score (nSPS) is 11.4. The molecule has 0 aliphatic heterocycles. The standard InChI is InChI=1S/C17H24N2O/c1-4-14(2)11-17(20)19(3)13-16-8-5-7-15(12-16)9-6-10-18/h5,7-8,12,14H,4,10-11,13,18H2,1-3H3. The first-order chi connectivity index (χ1) is 9.56. The zero-order chi connectivity index (χ0) is 15.0. The Morgan fingerprint density at radius 2 is 2.20 bits per heavy atom. The first-order valence-electron chi connectivity index (χ1n) is 7.08. The molecule has 108 valence electrons. The van der Waals surface area contributed by atoms with Gasteiger partial charge in [-0.2, -0.15) is 0 Å². The van der Waals surface area contributed by atoms with Crippen molar-refractivity contribution in [1.29, 1.82) is 0 Å². The van der Waals surface area contributed by atoms with Crippen molar-refractivity contribution in [3.8, 4) is 11.8 Å². The van der Waals surface area contributed by atoms with Crippen LogP contribution in [0.2, 0.25) is 0 Å². The number of amides is 1. The van der Waals surface area contributed by atoms with Crippen molar-refractivity contribution in [1.82, 2.24) is 4.90 Å². The van der Waals surface area contributed by atoms with Crippen LogP contribution in [0.15, 0.2) is 24.3 Å². The van der Waals surface area contributed by atoms with Gasteiger partial charge in [0, 0.05) is 25.6 Å². The molecule has 0 aliphatic carbocycles. The molecule has 1 rings (SSSR count). The second-order valence-electron chi connectivity index (χ2n) is 5.17. The summed E-state index contributed by atoms with van der Waals surface area (Å²) < 4.78 is 0. The highest BCUT2D eigenvalue weighted by Crippen LogP contribution is 2.11. The summed E-state index contributed by atoms with van der Waals surface area (Å²) in [5, 5.41) is 0. The topological polar surface area (TPSA) is 46.3 Å². The molecule has 0 saturated carbocycles. The van der Waals surface area contributed by atoms with Gasteiger partial charge < -0.3 is 10.6 Å². The number of rotatable bonds is 5. The van der Waals surface area contributed by atoms with Crippen molar-refractivity contribution in [3.63, 3.8) is 0 Å². The van der Waals surface area contributed by atoms with Gasteiger partial charge in [-0.25, -0.2) is 0 Å². The van der Waals surface area contributed by atoms with Crippen molar-refractivity contribution in [3.05, 3.63) is 35.4 Å². The van der Waals surface area contributed by atoms with Crippen LogP contribution in [0.25, 0.3) is 0 Å². The van der Waals surface area contributed by atoms with Gasteiger partial charge in [0.1, 0.15) is 0 Å². The van der Waals surface area contributed by atoms with E-state index < -0.39 is 0 Å². The van der Waals surface area contributed by atoms with Gasteiger partial charge in [-0.15, -0.1) is 0 Å². The maximum absolute atomic E-state index is 12.1. The summed E-state index contributed by atoms with van der Waals surface area (Å²) in [6.07, 6.45) is 1.64. The molecule has 1 atom stereocenters. The Hall–Kier alpha value is -1.79. The Balaban J connectivity index is 2.65. The number of carbonyl (C=O) groups is 1. The molecule has 3 heteroatoms. The highest BCUT2D eigenvalue weighted by atomic mass is 16.2. The van der Waals surface area contributed by atoms with Gasteiger partial charge in [-0.3, -0.25) is 4.79 Å². The van der Waals surface area contributed by atoms with Crippen LogP contribution in [0.4, 0.5) is 0 Å². The van der Waals surface area contributed by atoms with Gasteiger partial charge in [0.2, 0.25) is 5.91 Å². The fourth-order valence-corrected chi connectivity index (χ4v) is 1.86. The lowest BCUT2D eigenvalue weighted by Crippen LogP contribution is -2.27. The Morgan fingerprint density at radius 3 is 2.85 bits per heavy atom. The zero-order valence-electron chi connectivity index (χ0n) is 12.6. The summed E-state index contributed by atoms with van der Waals surface area (Å²) in [5.74, 6) is 6.48. The Bertz CT molecular complexity index is 499. The van der Waals surface area contributed by atoms with Crippen LogP contribution in [0.3, 0.4) is 0 Å². The Morgan fingerprint density at radius 1 is 1.45 bits per heavy atom. The third-order valence-corrected chi connectivity index (χ3v) is 3.33. The van der Waals surface area contributed by atoms with E-state index >= 15 is 0 Å². The average Bonchev–Trinajstić information content (AvgIpc) is 2.45. The van der Waals surface area contributed by atoms with Crippen molar-refractivity contribution in [2.45, 2.75) is 33.2 Å². The molecular weight excluding hydrogens is 248 g/mol. The lowest BCUT2D eigenvalue weighted by molar-refractivity contribution is -0.131. The highest BCUT2D eigenvalue weighted by Gasteiger charge is 2.12. The third-order valence-electron chi connectivity index (χ3n) is 3.33. The number of hydrogen-bond donors (Lipinski definition) is 1. The van der Waals surface area contributed by atoms with E-state index in [4.69, 9.17) is 5.73 Å². The van der Waals surface area contributed by atoms with Crippen LogP contribution >= 0.6 is 0 Å². The van der Waals surface area contributed by atoms with Gasteiger partial charge >= 0.3 is 0 Å². The molecule has 1 amide bonds. The van der Waals surface area contributed by atoms with Gasteiger partial charge in [0.25, 0.3) is 0 Å². The summed E-state index contributed by atoms with van der Waals surface area (Å²) in [4.78, 5) is 13.8. The molecule has 1 aromatic carbocycles. The van der Waals surface area contributed by atoms with Crippen molar-refractivity contribution in [2.75, 3.05) is 13.6 Å². The first kappa shape index (κ1) is 16.3. The molecule has 3 nitrogen and oxygen atoms in total. The van der Waals surface area contributed by atoms with E-state index in [-0.39, 0.29) is 5.91 Å². The van der Waals surface area contributed by atoms with Crippen LogP contribution in [-0.4, -0.2) is 24.4 Å². The SMILES string of the molecule is CCC(C)CC(=O)N(C)Cc1cccc(C#CCN)c1. The van der Waals surface area contributed by atoms with Crippen molar-refractivity contribution < 1.29 is 4.79 Å². The predicted octanol–water partition coefficient (Wildman–Crippen LogP) is 2.39. The molecule has 0 saturated heterocycles. The minimum absolute atomic E-state index is 0.192. The van der Waals surface area contributed by atoms with Crippen LogP contribution in [0.5, 0.6) is 0 Å². The van der Waals surface area contributed by atoms with E-state index in [9.17, 15) is 4.79 Å². The van der Waals surface area contributed by atoms with Crippen molar-refractivity contribution in [2.24, 2.45) is 11.7 Å². The van der Waals surface area contributed by atoms with Gasteiger partial charge in [-0.05, 0) is 23.6 Å². The van der Waals surface area contributed by atoms with Crippen LogP contribution in [0.1, 0.15) is 37.8 Å². The molecular formula is C17H24N2O. The molecule has 0 bridgehead atoms.